The van der Waals surface area contributed by atoms with Gasteiger partial charge in [0.05, 0.1) is 7.11 Å². The van der Waals surface area contributed by atoms with Crippen LogP contribution in [0.3, 0.4) is 0 Å². The number of rotatable bonds is 9. The van der Waals surface area contributed by atoms with Crippen molar-refractivity contribution in [3.8, 4) is 5.75 Å². The highest BCUT2D eigenvalue weighted by Gasteiger charge is 2.20. The van der Waals surface area contributed by atoms with Gasteiger partial charge in [-0.1, -0.05) is 78.9 Å². The fourth-order valence-corrected chi connectivity index (χ4v) is 3.52. The van der Waals surface area contributed by atoms with Crippen LogP contribution >= 0.6 is 0 Å². The smallest absolute Gasteiger partial charge is 0.221 e. The molecule has 1 N–H and O–H groups in total. The molecular weight excluding hydrogens is 362 g/mol. The van der Waals surface area contributed by atoms with E-state index in [1.807, 2.05) is 60.7 Å². The lowest BCUT2D eigenvalue weighted by atomic mass is 9.88. The zero-order valence-corrected chi connectivity index (χ0v) is 16.9. The highest BCUT2D eigenvalue weighted by Crippen LogP contribution is 2.29. The number of benzene rings is 3. The van der Waals surface area contributed by atoms with E-state index in [2.05, 4.69) is 29.6 Å². The number of carbonyl (C=O) groups is 1. The Bertz CT molecular complexity index is 857. The molecule has 0 aliphatic rings. The van der Waals surface area contributed by atoms with Crippen LogP contribution in [0.15, 0.2) is 84.9 Å². The number of para-hydroxylation sites is 1. The van der Waals surface area contributed by atoms with E-state index in [9.17, 15) is 4.79 Å². The molecular formula is C25H27NO3. The maximum Gasteiger partial charge on any atom is 0.221 e. The Morgan fingerprint density at radius 1 is 0.828 bits per heavy atom. The molecule has 0 fully saturated rings. The lowest BCUT2D eigenvalue weighted by Gasteiger charge is -2.21. The van der Waals surface area contributed by atoms with Crippen molar-refractivity contribution >= 4 is 5.91 Å². The molecule has 1 unspecified atom stereocenters. The zero-order chi connectivity index (χ0) is 20.5. The Kier molecular flexibility index (Phi) is 7.42. The molecule has 0 aliphatic carbocycles. The van der Waals surface area contributed by atoms with Gasteiger partial charge in [0.25, 0.3) is 0 Å². The Morgan fingerprint density at radius 2 is 1.38 bits per heavy atom. The molecule has 0 saturated heterocycles. The van der Waals surface area contributed by atoms with Crippen LogP contribution in [0.25, 0.3) is 0 Å². The first-order valence-electron chi connectivity index (χ1n) is 9.75. The predicted molar refractivity (Wildman–Crippen MR) is 115 cm³/mol. The Morgan fingerprint density at radius 3 is 1.93 bits per heavy atom. The number of carbonyl (C=O) groups excluding carboxylic acids is 1. The number of hydrogen-bond acceptors (Lipinski definition) is 3. The summed E-state index contributed by atoms with van der Waals surface area (Å²) in [6, 6.07) is 28.0. The van der Waals surface area contributed by atoms with Crippen molar-refractivity contribution in [2.24, 2.45) is 0 Å². The SMILES string of the molecule is COc1ccccc1C(CNC(=O)CC(c1ccccc1)c1ccccc1)OC. The summed E-state index contributed by atoms with van der Waals surface area (Å²) in [6.07, 6.45) is 0.0955. The fraction of sp³-hybridized carbons (Fsp3) is 0.240. The number of nitrogens with one attached hydrogen (secondary N) is 1. The van der Waals surface area contributed by atoms with Crippen LogP contribution in [0.2, 0.25) is 0 Å². The van der Waals surface area contributed by atoms with Crippen LogP contribution in [0.1, 0.15) is 35.1 Å². The highest BCUT2D eigenvalue weighted by molar-refractivity contribution is 5.77. The van der Waals surface area contributed by atoms with E-state index in [1.54, 1.807) is 14.2 Å². The molecule has 0 aromatic heterocycles. The average Bonchev–Trinajstić information content (AvgIpc) is 2.79. The van der Waals surface area contributed by atoms with E-state index in [4.69, 9.17) is 9.47 Å². The first-order chi connectivity index (χ1) is 14.2. The van der Waals surface area contributed by atoms with E-state index in [-0.39, 0.29) is 17.9 Å². The minimum atomic E-state index is -0.276. The van der Waals surface area contributed by atoms with Crippen LogP contribution in [0.4, 0.5) is 0 Å². The molecule has 4 heteroatoms. The molecule has 0 spiro atoms. The van der Waals surface area contributed by atoms with E-state index in [0.29, 0.717) is 13.0 Å². The molecule has 3 aromatic carbocycles. The quantitative estimate of drug-likeness (QED) is 0.576. The second kappa shape index (κ2) is 10.4. The topological polar surface area (TPSA) is 47.6 Å². The third-order valence-electron chi connectivity index (χ3n) is 5.05. The number of ether oxygens (including phenoxy) is 2. The molecule has 0 radical (unpaired) electrons. The monoisotopic (exact) mass is 389 g/mol. The third kappa shape index (κ3) is 5.46. The summed E-state index contributed by atoms with van der Waals surface area (Å²) >= 11 is 0. The van der Waals surface area contributed by atoms with Gasteiger partial charge >= 0.3 is 0 Å². The maximum atomic E-state index is 12.8. The van der Waals surface area contributed by atoms with E-state index >= 15 is 0 Å². The molecule has 150 valence electrons. The highest BCUT2D eigenvalue weighted by atomic mass is 16.5. The van der Waals surface area contributed by atoms with Crippen LogP contribution in [0.5, 0.6) is 5.75 Å². The van der Waals surface area contributed by atoms with Crippen molar-refractivity contribution in [1.82, 2.24) is 5.32 Å². The van der Waals surface area contributed by atoms with Gasteiger partial charge < -0.3 is 14.8 Å². The Hall–Kier alpha value is -3.11. The molecule has 3 aromatic rings. The van der Waals surface area contributed by atoms with Crippen LogP contribution in [0, 0.1) is 0 Å². The lowest BCUT2D eigenvalue weighted by molar-refractivity contribution is -0.121. The molecule has 0 aliphatic heterocycles. The largest absolute Gasteiger partial charge is 0.496 e. The summed E-state index contributed by atoms with van der Waals surface area (Å²) in [5.74, 6) is 0.740. The van der Waals surface area contributed by atoms with E-state index < -0.39 is 0 Å². The number of amides is 1. The van der Waals surface area contributed by atoms with Gasteiger partial charge in [0.15, 0.2) is 0 Å². The molecule has 1 atom stereocenters. The van der Waals surface area contributed by atoms with Crippen LogP contribution in [-0.4, -0.2) is 26.7 Å². The fourth-order valence-electron chi connectivity index (χ4n) is 3.52. The lowest BCUT2D eigenvalue weighted by Crippen LogP contribution is -2.30. The second-order valence-electron chi connectivity index (χ2n) is 6.85. The van der Waals surface area contributed by atoms with Crippen LogP contribution < -0.4 is 10.1 Å². The molecule has 29 heavy (non-hydrogen) atoms. The van der Waals surface area contributed by atoms with Gasteiger partial charge in [-0.25, -0.2) is 0 Å². The van der Waals surface area contributed by atoms with Gasteiger partial charge in [-0.3, -0.25) is 4.79 Å². The van der Waals surface area contributed by atoms with E-state index in [0.717, 1.165) is 22.4 Å². The van der Waals surface area contributed by atoms with Gasteiger partial charge in [-0.05, 0) is 17.2 Å². The minimum absolute atomic E-state index is 0.00431. The molecule has 3 rings (SSSR count). The molecule has 0 heterocycles. The van der Waals surface area contributed by atoms with Gasteiger partial charge in [-0.15, -0.1) is 0 Å². The molecule has 4 nitrogen and oxygen atoms in total. The standard InChI is InChI=1S/C25H27NO3/c1-28-23-16-10-9-15-21(23)24(29-2)18-26-25(27)17-22(19-11-5-3-6-12-19)20-13-7-4-8-14-20/h3-16,22,24H,17-18H2,1-2H3,(H,26,27). The van der Waals surface area contributed by atoms with Gasteiger partial charge in [0.2, 0.25) is 5.91 Å². The van der Waals surface area contributed by atoms with Crippen molar-refractivity contribution in [3.05, 3.63) is 102 Å². The number of hydrogen-bond donors (Lipinski definition) is 1. The first kappa shape index (κ1) is 20.6. The minimum Gasteiger partial charge on any atom is -0.496 e. The van der Waals surface area contributed by atoms with Crippen molar-refractivity contribution in [2.45, 2.75) is 18.4 Å². The van der Waals surface area contributed by atoms with Crippen molar-refractivity contribution in [2.75, 3.05) is 20.8 Å². The predicted octanol–water partition coefficient (Wildman–Crippen LogP) is 4.72. The molecule has 0 saturated carbocycles. The summed E-state index contributed by atoms with van der Waals surface area (Å²) in [7, 11) is 3.27. The van der Waals surface area contributed by atoms with Crippen LogP contribution in [-0.2, 0) is 9.53 Å². The summed E-state index contributed by atoms with van der Waals surface area (Å²) in [4.78, 5) is 12.8. The van der Waals surface area contributed by atoms with Gasteiger partial charge in [0, 0.05) is 31.6 Å². The summed E-state index contributed by atoms with van der Waals surface area (Å²) in [5.41, 5.74) is 3.17. The summed E-state index contributed by atoms with van der Waals surface area (Å²) in [5, 5.41) is 3.03. The molecule has 1 amide bonds. The Labute approximate surface area is 172 Å². The average molecular weight is 389 g/mol. The van der Waals surface area contributed by atoms with Gasteiger partial charge in [0.1, 0.15) is 11.9 Å². The van der Waals surface area contributed by atoms with Crippen molar-refractivity contribution < 1.29 is 14.3 Å². The second-order valence-corrected chi connectivity index (χ2v) is 6.85. The van der Waals surface area contributed by atoms with Gasteiger partial charge in [-0.2, -0.15) is 0 Å². The third-order valence-corrected chi connectivity index (χ3v) is 5.05. The molecule has 0 bridgehead atoms. The summed E-state index contributed by atoms with van der Waals surface area (Å²) in [6.45, 7) is 0.381. The summed E-state index contributed by atoms with van der Waals surface area (Å²) < 4.78 is 11.0. The zero-order valence-electron chi connectivity index (χ0n) is 16.9. The normalized spacial score (nSPS) is 11.8. The first-order valence-corrected chi connectivity index (χ1v) is 9.75. The number of methoxy groups -OCH3 is 2. The van der Waals surface area contributed by atoms with Crippen molar-refractivity contribution in [1.29, 1.82) is 0 Å². The van der Waals surface area contributed by atoms with E-state index in [1.165, 1.54) is 0 Å². The maximum absolute atomic E-state index is 12.8. The Balaban J connectivity index is 1.70. The van der Waals surface area contributed by atoms with Crippen molar-refractivity contribution in [3.63, 3.8) is 0 Å².